The lowest BCUT2D eigenvalue weighted by Crippen LogP contribution is -1.93. The molecule has 0 unspecified atom stereocenters. The number of rotatable bonds is 2. The zero-order valence-electron chi connectivity index (χ0n) is 11.1. The lowest BCUT2D eigenvalue weighted by Gasteiger charge is -2.11. The van der Waals surface area contributed by atoms with Gasteiger partial charge in [0.25, 0.3) is 0 Å². The van der Waals surface area contributed by atoms with Crippen LogP contribution in [0, 0.1) is 5.82 Å². The van der Waals surface area contributed by atoms with Crippen LogP contribution in [0.2, 0.25) is 0 Å². The predicted molar refractivity (Wildman–Crippen MR) is 80.3 cm³/mol. The van der Waals surface area contributed by atoms with Gasteiger partial charge in [-0.15, -0.1) is 0 Å². The van der Waals surface area contributed by atoms with Crippen LogP contribution in [-0.4, -0.2) is 7.11 Å². The number of nitrogen functional groups attached to an aromatic ring is 1. The molecule has 3 aromatic carbocycles. The molecule has 0 amide bonds. The van der Waals surface area contributed by atoms with E-state index in [2.05, 4.69) is 0 Å². The van der Waals surface area contributed by atoms with E-state index in [4.69, 9.17) is 10.5 Å². The zero-order chi connectivity index (χ0) is 14.1. The van der Waals surface area contributed by atoms with E-state index in [1.165, 1.54) is 7.11 Å². The molecule has 0 aliphatic rings. The highest BCUT2D eigenvalue weighted by Gasteiger charge is 2.13. The molecule has 2 nitrogen and oxygen atoms in total. The highest BCUT2D eigenvalue weighted by atomic mass is 19.1. The Labute approximate surface area is 116 Å². The number of nitrogens with two attached hydrogens (primary N) is 1. The quantitative estimate of drug-likeness (QED) is 0.705. The Morgan fingerprint density at radius 1 is 0.850 bits per heavy atom. The van der Waals surface area contributed by atoms with Crippen molar-refractivity contribution in [2.24, 2.45) is 0 Å². The number of benzene rings is 3. The molecule has 100 valence electrons. The highest BCUT2D eigenvalue weighted by molar-refractivity contribution is 6.02. The predicted octanol–water partition coefficient (Wildman–Crippen LogP) is 4.24. The van der Waals surface area contributed by atoms with Gasteiger partial charge in [0.2, 0.25) is 0 Å². The lowest BCUT2D eigenvalue weighted by molar-refractivity contribution is 0.387. The third-order valence-corrected chi connectivity index (χ3v) is 3.43. The van der Waals surface area contributed by atoms with Crippen LogP contribution in [0.4, 0.5) is 10.1 Å². The minimum atomic E-state index is -0.357. The first-order chi connectivity index (χ1) is 9.72. The van der Waals surface area contributed by atoms with Crippen molar-refractivity contribution in [3.63, 3.8) is 0 Å². The molecule has 2 N–H and O–H groups in total. The van der Waals surface area contributed by atoms with Crippen molar-refractivity contribution in [1.82, 2.24) is 0 Å². The molecular formula is C17H14FNO. The van der Waals surface area contributed by atoms with Crippen LogP contribution in [-0.2, 0) is 0 Å². The van der Waals surface area contributed by atoms with Crippen LogP contribution in [0.3, 0.4) is 0 Å². The molecule has 0 atom stereocenters. The maximum Gasteiger partial charge on any atom is 0.172 e. The fraction of sp³-hybridized carbons (Fsp3) is 0.0588. The molecule has 0 saturated carbocycles. The highest BCUT2D eigenvalue weighted by Crippen LogP contribution is 2.35. The third-order valence-electron chi connectivity index (χ3n) is 3.43. The number of anilines is 1. The van der Waals surface area contributed by atoms with Crippen molar-refractivity contribution in [3.8, 4) is 16.9 Å². The summed E-state index contributed by atoms with van der Waals surface area (Å²) in [5.41, 5.74) is 7.99. The molecule has 0 bridgehead atoms. The number of hydrogen-bond acceptors (Lipinski definition) is 2. The maximum atomic E-state index is 14.4. The summed E-state index contributed by atoms with van der Waals surface area (Å²) in [5.74, 6) is -0.117. The van der Waals surface area contributed by atoms with E-state index in [0.29, 0.717) is 11.3 Å². The lowest BCUT2D eigenvalue weighted by atomic mass is 9.97. The Kier molecular flexibility index (Phi) is 3.03. The Morgan fingerprint density at radius 2 is 1.50 bits per heavy atom. The number of halogens is 1. The summed E-state index contributed by atoms with van der Waals surface area (Å²) in [6.45, 7) is 0. The molecule has 0 aliphatic carbocycles. The normalized spacial score (nSPS) is 10.7. The van der Waals surface area contributed by atoms with Gasteiger partial charge in [0.1, 0.15) is 0 Å². The zero-order valence-corrected chi connectivity index (χ0v) is 11.1. The van der Waals surface area contributed by atoms with Gasteiger partial charge in [-0.25, -0.2) is 4.39 Å². The van der Waals surface area contributed by atoms with Crippen LogP contribution in [0.15, 0.2) is 54.6 Å². The van der Waals surface area contributed by atoms with E-state index in [1.54, 1.807) is 18.2 Å². The first kappa shape index (κ1) is 12.5. The molecule has 3 aromatic rings. The van der Waals surface area contributed by atoms with Crippen molar-refractivity contribution >= 4 is 16.5 Å². The van der Waals surface area contributed by atoms with Crippen molar-refractivity contribution in [3.05, 3.63) is 60.4 Å². The van der Waals surface area contributed by atoms with Gasteiger partial charge in [0.05, 0.1) is 7.11 Å². The molecule has 20 heavy (non-hydrogen) atoms. The fourth-order valence-corrected chi connectivity index (χ4v) is 2.45. The first-order valence-corrected chi connectivity index (χ1v) is 6.32. The third kappa shape index (κ3) is 1.88. The second-order valence-electron chi connectivity index (χ2n) is 4.57. The van der Waals surface area contributed by atoms with Crippen LogP contribution >= 0.6 is 0 Å². The van der Waals surface area contributed by atoms with Gasteiger partial charge in [-0.05, 0) is 23.1 Å². The van der Waals surface area contributed by atoms with Gasteiger partial charge in [-0.1, -0.05) is 42.5 Å². The Bertz CT molecular complexity index is 783. The average molecular weight is 267 g/mol. The summed E-state index contributed by atoms with van der Waals surface area (Å²) in [6, 6.07) is 16.5. The van der Waals surface area contributed by atoms with Gasteiger partial charge in [-0.3, -0.25) is 0 Å². The summed E-state index contributed by atoms with van der Waals surface area (Å²) in [7, 11) is 1.46. The van der Waals surface area contributed by atoms with Crippen LogP contribution in [0.25, 0.3) is 21.9 Å². The van der Waals surface area contributed by atoms with E-state index in [-0.39, 0.29) is 11.6 Å². The van der Waals surface area contributed by atoms with Gasteiger partial charge in [0, 0.05) is 16.6 Å². The van der Waals surface area contributed by atoms with Gasteiger partial charge in [-0.2, -0.15) is 0 Å². The van der Waals surface area contributed by atoms with E-state index < -0.39 is 0 Å². The minimum Gasteiger partial charge on any atom is -0.494 e. The molecule has 0 aliphatic heterocycles. The molecule has 0 fully saturated rings. The smallest absolute Gasteiger partial charge is 0.172 e. The second kappa shape index (κ2) is 4.85. The SMILES string of the molecule is COc1cccc(-c2cccc3c(N)cccc23)c1F. The van der Waals surface area contributed by atoms with Gasteiger partial charge in [0.15, 0.2) is 11.6 Å². The van der Waals surface area contributed by atoms with Gasteiger partial charge < -0.3 is 10.5 Å². The Balaban J connectivity index is 2.33. The topological polar surface area (TPSA) is 35.2 Å². The minimum absolute atomic E-state index is 0.239. The fourth-order valence-electron chi connectivity index (χ4n) is 2.45. The summed E-state index contributed by atoms with van der Waals surface area (Å²) in [6.07, 6.45) is 0. The Morgan fingerprint density at radius 3 is 2.30 bits per heavy atom. The standard InChI is InChI=1S/C17H14FNO/c1-20-16-10-4-8-14(17(16)18)12-5-2-7-13-11(12)6-3-9-15(13)19/h2-10H,19H2,1H3. The maximum absolute atomic E-state index is 14.4. The molecule has 0 saturated heterocycles. The molecule has 3 rings (SSSR count). The number of methoxy groups -OCH3 is 1. The van der Waals surface area contributed by atoms with Crippen molar-refractivity contribution < 1.29 is 9.13 Å². The molecule has 3 heteroatoms. The number of fused-ring (bicyclic) bond motifs is 1. The molecule has 0 radical (unpaired) electrons. The van der Waals surface area contributed by atoms with E-state index in [0.717, 1.165) is 16.3 Å². The Hall–Kier alpha value is -2.55. The summed E-state index contributed by atoms with van der Waals surface area (Å²) >= 11 is 0. The summed E-state index contributed by atoms with van der Waals surface area (Å²) < 4.78 is 19.5. The molecule has 0 spiro atoms. The van der Waals surface area contributed by atoms with Crippen LogP contribution < -0.4 is 10.5 Å². The molecule has 0 heterocycles. The number of ether oxygens (including phenoxy) is 1. The van der Waals surface area contributed by atoms with Crippen molar-refractivity contribution in [2.45, 2.75) is 0 Å². The molecular weight excluding hydrogens is 253 g/mol. The average Bonchev–Trinajstić information content (AvgIpc) is 2.48. The first-order valence-electron chi connectivity index (χ1n) is 6.32. The van der Waals surface area contributed by atoms with E-state index in [9.17, 15) is 4.39 Å². The van der Waals surface area contributed by atoms with E-state index >= 15 is 0 Å². The largest absolute Gasteiger partial charge is 0.494 e. The van der Waals surface area contributed by atoms with Gasteiger partial charge >= 0.3 is 0 Å². The number of hydrogen-bond donors (Lipinski definition) is 1. The molecule has 0 aromatic heterocycles. The van der Waals surface area contributed by atoms with E-state index in [1.807, 2.05) is 36.4 Å². The summed E-state index contributed by atoms with van der Waals surface area (Å²) in [4.78, 5) is 0. The second-order valence-corrected chi connectivity index (χ2v) is 4.57. The van der Waals surface area contributed by atoms with Crippen LogP contribution in [0.1, 0.15) is 0 Å². The van der Waals surface area contributed by atoms with Crippen molar-refractivity contribution in [1.29, 1.82) is 0 Å². The van der Waals surface area contributed by atoms with Crippen LogP contribution in [0.5, 0.6) is 5.75 Å². The van der Waals surface area contributed by atoms with Crippen molar-refractivity contribution in [2.75, 3.05) is 12.8 Å². The monoisotopic (exact) mass is 267 g/mol. The summed E-state index contributed by atoms with van der Waals surface area (Å²) in [5, 5.41) is 1.85.